The van der Waals surface area contributed by atoms with Crippen molar-refractivity contribution in [2.24, 2.45) is 0 Å². The van der Waals surface area contributed by atoms with Gasteiger partial charge in [-0.3, -0.25) is 0 Å². The SMILES string of the molecule is CCCCCNC(=O)N(S)c1ccc(O)c(Cl)c1. The van der Waals surface area contributed by atoms with Crippen LogP contribution >= 0.6 is 24.4 Å². The molecule has 100 valence electrons. The Morgan fingerprint density at radius 3 is 2.83 bits per heavy atom. The number of rotatable bonds is 5. The van der Waals surface area contributed by atoms with E-state index in [1.807, 2.05) is 0 Å². The Labute approximate surface area is 117 Å². The maximum absolute atomic E-state index is 11.7. The second kappa shape index (κ2) is 7.38. The lowest BCUT2D eigenvalue weighted by Gasteiger charge is -2.17. The lowest BCUT2D eigenvalue weighted by atomic mass is 10.2. The van der Waals surface area contributed by atoms with Crippen molar-refractivity contribution in [3.05, 3.63) is 23.2 Å². The Kier molecular flexibility index (Phi) is 6.15. The van der Waals surface area contributed by atoms with Crippen molar-refractivity contribution in [3.63, 3.8) is 0 Å². The van der Waals surface area contributed by atoms with Crippen molar-refractivity contribution in [1.82, 2.24) is 5.32 Å². The van der Waals surface area contributed by atoms with Crippen molar-refractivity contribution < 1.29 is 9.90 Å². The molecule has 0 aliphatic heterocycles. The van der Waals surface area contributed by atoms with Crippen LogP contribution in [0.5, 0.6) is 5.75 Å². The van der Waals surface area contributed by atoms with Gasteiger partial charge < -0.3 is 10.4 Å². The highest BCUT2D eigenvalue weighted by Gasteiger charge is 2.12. The lowest BCUT2D eigenvalue weighted by molar-refractivity contribution is 0.249. The summed E-state index contributed by atoms with van der Waals surface area (Å²) in [5.41, 5.74) is 0.508. The number of phenols is 1. The molecule has 1 rings (SSSR count). The monoisotopic (exact) mass is 288 g/mol. The first kappa shape index (κ1) is 15.0. The number of amides is 2. The van der Waals surface area contributed by atoms with Crippen LogP contribution in [0.2, 0.25) is 5.02 Å². The predicted molar refractivity (Wildman–Crippen MR) is 77.5 cm³/mol. The molecule has 1 aromatic rings. The molecule has 0 saturated heterocycles. The molecule has 18 heavy (non-hydrogen) atoms. The first-order valence-electron chi connectivity index (χ1n) is 5.81. The summed E-state index contributed by atoms with van der Waals surface area (Å²) >= 11 is 9.87. The molecule has 0 saturated carbocycles. The average Bonchev–Trinajstić information content (AvgIpc) is 2.37. The van der Waals surface area contributed by atoms with Crippen LogP contribution in [0.4, 0.5) is 10.5 Å². The number of nitrogens with one attached hydrogen (secondary N) is 1. The van der Waals surface area contributed by atoms with Gasteiger partial charge in [-0.25, -0.2) is 9.10 Å². The Morgan fingerprint density at radius 2 is 2.22 bits per heavy atom. The maximum Gasteiger partial charge on any atom is 0.331 e. The summed E-state index contributed by atoms with van der Waals surface area (Å²) < 4.78 is 1.16. The van der Waals surface area contributed by atoms with Gasteiger partial charge in [-0.2, -0.15) is 0 Å². The number of urea groups is 1. The second-order valence-electron chi connectivity index (χ2n) is 3.89. The summed E-state index contributed by atoms with van der Waals surface area (Å²) in [5.74, 6) is -0.0227. The van der Waals surface area contributed by atoms with E-state index in [1.54, 1.807) is 6.07 Å². The molecule has 2 amide bonds. The van der Waals surface area contributed by atoms with Crippen molar-refractivity contribution >= 4 is 36.1 Å². The molecule has 0 radical (unpaired) electrons. The van der Waals surface area contributed by atoms with Crippen LogP contribution in [-0.4, -0.2) is 17.7 Å². The van der Waals surface area contributed by atoms with Gasteiger partial charge in [-0.05, 0) is 24.6 Å². The molecule has 0 heterocycles. The molecular weight excluding hydrogens is 272 g/mol. The Hall–Kier alpha value is -1.07. The molecule has 0 aromatic heterocycles. The quantitative estimate of drug-likeness (QED) is 0.573. The van der Waals surface area contributed by atoms with Gasteiger partial charge >= 0.3 is 6.03 Å². The highest BCUT2D eigenvalue weighted by molar-refractivity contribution is 7.82. The van der Waals surface area contributed by atoms with E-state index in [4.69, 9.17) is 11.6 Å². The summed E-state index contributed by atoms with van der Waals surface area (Å²) in [7, 11) is 0. The van der Waals surface area contributed by atoms with Crippen LogP contribution < -0.4 is 9.62 Å². The highest BCUT2D eigenvalue weighted by Crippen LogP contribution is 2.28. The van der Waals surface area contributed by atoms with E-state index in [9.17, 15) is 9.90 Å². The van der Waals surface area contributed by atoms with E-state index < -0.39 is 0 Å². The summed E-state index contributed by atoms with van der Waals surface area (Å²) in [6.45, 7) is 2.72. The van der Waals surface area contributed by atoms with E-state index in [-0.39, 0.29) is 16.8 Å². The largest absolute Gasteiger partial charge is 0.506 e. The van der Waals surface area contributed by atoms with Gasteiger partial charge in [-0.15, -0.1) is 0 Å². The Morgan fingerprint density at radius 1 is 1.50 bits per heavy atom. The Balaban J connectivity index is 2.54. The molecule has 0 fully saturated rings. The fraction of sp³-hybridized carbons (Fsp3) is 0.417. The van der Waals surface area contributed by atoms with Gasteiger partial charge in [0, 0.05) is 6.54 Å². The number of halogens is 1. The van der Waals surface area contributed by atoms with E-state index in [0.717, 1.165) is 23.6 Å². The highest BCUT2D eigenvalue weighted by atomic mass is 35.5. The standard InChI is InChI=1S/C12H17ClN2O2S/c1-2-3-4-7-14-12(17)15(18)9-5-6-11(16)10(13)8-9/h5-6,8,16,18H,2-4,7H2,1H3,(H,14,17). The smallest absolute Gasteiger partial charge is 0.331 e. The molecule has 0 bridgehead atoms. The number of hydrogen-bond acceptors (Lipinski definition) is 3. The van der Waals surface area contributed by atoms with Gasteiger partial charge in [0.1, 0.15) is 5.75 Å². The van der Waals surface area contributed by atoms with Gasteiger partial charge in [0.05, 0.1) is 10.7 Å². The second-order valence-corrected chi connectivity index (χ2v) is 4.69. The number of benzene rings is 1. The summed E-state index contributed by atoms with van der Waals surface area (Å²) in [6, 6.07) is 4.16. The summed E-state index contributed by atoms with van der Waals surface area (Å²) in [5, 5.41) is 12.2. The Bertz CT molecular complexity index is 415. The van der Waals surface area contributed by atoms with Crippen molar-refractivity contribution in [2.75, 3.05) is 10.8 Å². The number of unbranched alkanes of at least 4 members (excludes halogenated alkanes) is 2. The molecule has 0 spiro atoms. The normalized spacial score (nSPS) is 10.2. The first-order valence-corrected chi connectivity index (χ1v) is 6.59. The molecule has 4 nitrogen and oxygen atoms in total. The van der Waals surface area contributed by atoms with E-state index in [2.05, 4.69) is 25.1 Å². The molecule has 1 aromatic carbocycles. The lowest BCUT2D eigenvalue weighted by Crippen LogP contribution is -2.34. The molecule has 6 heteroatoms. The summed E-state index contributed by atoms with van der Waals surface area (Å²) in [4.78, 5) is 11.7. The number of phenolic OH excluding ortho intramolecular Hbond substituents is 1. The molecule has 0 unspecified atom stereocenters. The minimum absolute atomic E-state index is 0.0227. The van der Waals surface area contributed by atoms with Crippen molar-refractivity contribution in [3.8, 4) is 5.75 Å². The minimum atomic E-state index is -0.309. The molecule has 2 N–H and O–H groups in total. The predicted octanol–water partition coefficient (Wildman–Crippen LogP) is 3.60. The third kappa shape index (κ3) is 4.31. The number of aromatic hydroxyl groups is 1. The van der Waals surface area contributed by atoms with Crippen LogP contribution in [-0.2, 0) is 0 Å². The zero-order valence-electron chi connectivity index (χ0n) is 10.2. The minimum Gasteiger partial charge on any atom is -0.506 e. The molecule has 0 atom stereocenters. The average molecular weight is 289 g/mol. The van der Waals surface area contributed by atoms with Crippen LogP contribution in [0.25, 0.3) is 0 Å². The summed E-state index contributed by atoms with van der Waals surface area (Å²) in [6.07, 6.45) is 3.13. The maximum atomic E-state index is 11.7. The number of nitrogens with zero attached hydrogens (tertiary/aromatic N) is 1. The third-order valence-electron chi connectivity index (χ3n) is 2.42. The zero-order chi connectivity index (χ0) is 13.5. The van der Waals surface area contributed by atoms with Crippen molar-refractivity contribution in [1.29, 1.82) is 0 Å². The molecule has 0 aliphatic rings. The number of carbonyl (C=O) groups is 1. The van der Waals surface area contributed by atoms with Gasteiger partial charge in [-0.1, -0.05) is 44.2 Å². The number of anilines is 1. The molecule has 0 aliphatic carbocycles. The van der Waals surface area contributed by atoms with E-state index in [0.29, 0.717) is 12.2 Å². The number of hydrogen-bond donors (Lipinski definition) is 3. The number of thiol groups is 1. The van der Waals surface area contributed by atoms with Gasteiger partial charge in [0.25, 0.3) is 0 Å². The third-order valence-corrected chi connectivity index (χ3v) is 3.14. The van der Waals surface area contributed by atoms with E-state index in [1.165, 1.54) is 12.1 Å². The fourth-order valence-electron chi connectivity index (χ4n) is 1.39. The van der Waals surface area contributed by atoms with Crippen LogP contribution in [0, 0.1) is 0 Å². The van der Waals surface area contributed by atoms with E-state index >= 15 is 0 Å². The topological polar surface area (TPSA) is 52.6 Å². The van der Waals surface area contributed by atoms with Crippen LogP contribution in [0.3, 0.4) is 0 Å². The van der Waals surface area contributed by atoms with Crippen LogP contribution in [0.15, 0.2) is 18.2 Å². The fourth-order valence-corrected chi connectivity index (χ4v) is 1.76. The first-order chi connectivity index (χ1) is 8.56. The number of carbonyl (C=O) groups excluding carboxylic acids is 1. The van der Waals surface area contributed by atoms with Gasteiger partial charge in [0.15, 0.2) is 0 Å². The molecular formula is C12H17ClN2O2S. The zero-order valence-corrected chi connectivity index (χ0v) is 11.8. The van der Waals surface area contributed by atoms with Gasteiger partial charge in [0.2, 0.25) is 0 Å². The van der Waals surface area contributed by atoms with Crippen LogP contribution in [0.1, 0.15) is 26.2 Å². The van der Waals surface area contributed by atoms with Crippen molar-refractivity contribution in [2.45, 2.75) is 26.2 Å².